The third-order valence-electron chi connectivity index (χ3n) is 4.49. The minimum Gasteiger partial charge on any atom is -0.483 e. The lowest BCUT2D eigenvalue weighted by atomic mass is 10.1. The number of aryl methyl sites for hydroxylation is 1. The Labute approximate surface area is 168 Å². The van der Waals surface area contributed by atoms with E-state index < -0.39 is 6.04 Å². The number of carbonyl (C=O) groups is 2. The standard InChI is InChI=1S/C21H21N3O3S/c1-2-16-5-3-4-6-19(16)27-12-20(25)24-14-28-13-18(24)21(26)23-17-9-7-15(11-22)8-10-17/h3-10,18H,2,12-14H2,1H3,(H,23,26). The van der Waals surface area contributed by atoms with Crippen molar-refractivity contribution >= 4 is 29.3 Å². The van der Waals surface area contributed by atoms with Gasteiger partial charge in [-0.1, -0.05) is 25.1 Å². The molecule has 0 bridgehead atoms. The molecule has 0 aliphatic carbocycles. The van der Waals surface area contributed by atoms with E-state index in [9.17, 15) is 9.59 Å². The lowest BCUT2D eigenvalue weighted by molar-refractivity contribution is -0.137. The highest BCUT2D eigenvalue weighted by atomic mass is 32.2. The maximum atomic E-state index is 12.6. The molecule has 2 amide bonds. The molecule has 6 nitrogen and oxygen atoms in total. The van der Waals surface area contributed by atoms with E-state index in [1.54, 1.807) is 29.2 Å². The molecule has 1 saturated heterocycles. The third kappa shape index (κ3) is 4.65. The number of benzene rings is 2. The van der Waals surface area contributed by atoms with E-state index in [-0.39, 0.29) is 18.4 Å². The number of anilines is 1. The van der Waals surface area contributed by atoms with Gasteiger partial charge in [0.1, 0.15) is 11.8 Å². The average molecular weight is 395 g/mol. The second kappa shape index (κ2) is 9.29. The first kappa shape index (κ1) is 19.8. The molecule has 28 heavy (non-hydrogen) atoms. The van der Waals surface area contributed by atoms with Crippen LogP contribution in [0.4, 0.5) is 5.69 Å². The number of nitrogens with zero attached hydrogens (tertiary/aromatic N) is 2. The van der Waals surface area contributed by atoms with Crippen LogP contribution in [0.1, 0.15) is 18.1 Å². The quantitative estimate of drug-likeness (QED) is 0.813. The molecule has 2 aromatic rings. The predicted molar refractivity (Wildman–Crippen MR) is 109 cm³/mol. The van der Waals surface area contributed by atoms with Crippen molar-refractivity contribution in [1.82, 2.24) is 4.90 Å². The van der Waals surface area contributed by atoms with Crippen molar-refractivity contribution in [1.29, 1.82) is 5.26 Å². The molecule has 1 aliphatic heterocycles. The fraction of sp³-hybridized carbons (Fsp3) is 0.286. The van der Waals surface area contributed by atoms with Gasteiger partial charge in [0.2, 0.25) is 5.91 Å². The molecule has 0 radical (unpaired) electrons. The molecular formula is C21H21N3O3S. The van der Waals surface area contributed by atoms with Crippen LogP contribution in [0.15, 0.2) is 48.5 Å². The van der Waals surface area contributed by atoms with Gasteiger partial charge in [0.05, 0.1) is 17.5 Å². The summed E-state index contributed by atoms with van der Waals surface area (Å²) in [5, 5.41) is 11.7. The molecule has 0 aromatic heterocycles. The summed E-state index contributed by atoms with van der Waals surface area (Å²) >= 11 is 1.54. The SMILES string of the molecule is CCc1ccccc1OCC(=O)N1CSCC1C(=O)Nc1ccc(C#N)cc1. The van der Waals surface area contributed by atoms with E-state index in [1.165, 1.54) is 11.8 Å². The molecular weight excluding hydrogens is 374 g/mol. The van der Waals surface area contributed by atoms with Crippen molar-refractivity contribution in [2.24, 2.45) is 0 Å². The van der Waals surface area contributed by atoms with Gasteiger partial charge in [0.15, 0.2) is 6.61 Å². The normalized spacial score (nSPS) is 15.7. The third-order valence-corrected chi connectivity index (χ3v) is 5.50. The average Bonchev–Trinajstić information content (AvgIpc) is 3.23. The van der Waals surface area contributed by atoms with E-state index >= 15 is 0 Å². The monoisotopic (exact) mass is 395 g/mol. The van der Waals surface area contributed by atoms with Gasteiger partial charge in [0, 0.05) is 11.4 Å². The zero-order valence-corrected chi connectivity index (χ0v) is 16.4. The highest BCUT2D eigenvalue weighted by Crippen LogP contribution is 2.24. The Morgan fingerprint density at radius 1 is 1.25 bits per heavy atom. The van der Waals surface area contributed by atoms with Crippen LogP contribution in [0.3, 0.4) is 0 Å². The highest BCUT2D eigenvalue weighted by Gasteiger charge is 2.34. The maximum Gasteiger partial charge on any atom is 0.261 e. The van der Waals surface area contributed by atoms with E-state index in [0.717, 1.165) is 12.0 Å². The minimum atomic E-state index is -0.543. The Hall–Kier alpha value is -2.98. The van der Waals surface area contributed by atoms with E-state index in [2.05, 4.69) is 5.32 Å². The lowest BCUT2D eigenvalue weighted by Crippen LogP contribution is -2.46. The number of nitrogens with one attached hydrogen (secondary N) is 1. The molecule has 1 aliphatic rings. The largest absolute Gasteiger partial charge is 0.483 e. The molecule has 1 N–H and O–H groups in total. The molecule has 2 aromatic carbocycles. The van der Waals surface area contributed by atoms with Crippen LogP contribution in [-0.4, -0.2) is 41.0 Å². The summed E-state index contributed by atoms with van der Waals surface area (Å²) in [5.74, 6) is 1.25. The summed E-state index contributed by atoms with van der Waals surface area (Å²) in [6.07, 6.45) is 0.819. The van der Waals surface area contributed by atoms with Crippen molar-refractivity contribution in [3.63, 3.8) is 0 Å². The molecule has 144 valence electrons. The first-order valence-corrected chi connectivity index (χ1v) is 10.2. The van der Waals surface area contributed by atoms with Crippen LogP contribution in [0, 0.1) is 11.3 Å². The molecule has 7 heteroatoms. The van der Waals surface area contributed by atoms with Gasteiger partial charge in [-0.15, -0.1) is 11.8 Å². The lowest BCUT2D eigenvalue weighted by Gasteiger charge is -2.23. The molecule has 0 spiro atoms. The predicted octanol–water partition coefficient (Wildman–Crippen LogP) is 3.04. The van der Waals surface area contributed by atoms with Gasteiger partial charge in [-0.25, -0.2) is 0 Å². The summed E-state index contributed by atoms with van der Waals surface area (Å²) in [5.41, 5.74) is 2.17. The summed E-state index contributed by atoms with van der Waals surface area (Å²) < 4.78 is 5.71. The second-order valence-electron chi connectivity index (χ2n) is 6.31. The van der Waals surface area contributed by atoms with Crippen molar-refractivity contribution in [2.75, 3.05) is 23.6 Å². The Kier molecular flexibility index (Phi) is 6.56. The van der Waals surface area contributed by atoms with Crippen LogP contribution < -0.4 is 10.1 Å². The number of rotatable bonds is 6. The number of ether oxygens (including phenoxy) is 1. The Bertz CT molecular complexity index is 893. The Balaban J connectivity index is 1.60. The number of carbonyl (C=O) groups excluding carboxylic acids is 2. The summed E-state index contributed by atoms with van der Waals surface area (Å²) in [4.78, 5) is 26.8. The van der Waals surface area contributed by atoms with Crippen LogP contribution in [0.2, 0.25) is 0 Å². The van der Waals surface area contributed by atoms with E-state index in [1.807, 2.05) is 37.3 Å². The van der Waals surface area contributed by atoms with Crippen molar-refractivity contribution < 1.29 is 14.3 Å². The molecule has 1 unspecified atom stereocenters. The number of nitriles is 1. The van der Waals surface area contributed by atoms with Crippen molar-refractivity contribution in [3.05, 3.63) is 59.7 Å². The van der Waals surface area contributed by atoms with E-state index in [4.69, 9.17) is 10.00 Å². The molecule has 1 heterocycles. The first-order chi connectivity index (χ1) is 13.6. The molecule has 1 fully saturated rings. The molecule has 3 rings (SSSR count). The van der Waals surface area contributed by atoms with Crippen molar-refractivity contribution in [3.8, 4) is 11.8 Å². The highest BCUT2D eigenvalue weighted by molar-refractivity contribution is 7.99. The van der Waals surface area contributed by atoms with Crippen LogP contribution in [0.5, 0.6) is 5.75 Å². The summed E-state index contributed by atoms with van der Waals surface area (Å²) in [7, 11) is 0. The number of amides is 2. The van der Waals surface area contributed by atoms with E-state index in [0.29, 0.717) is 28.6 Å². The fourth-order valence-corrected chi connectivity index (χ4v) is 4.10. The van der Waals surface area contributed by atoms with Gasteiger partial charge in [-0.05, 0) is 42.3 Å². The van der Waals surface area contributed by atoms with Crippen LogP contribution in [0.25, 0.3) is 0 Å². The van der Waals surface area contributed by atoms with Crippen molar-refractivity contribution in [2.45, 2.75) is 19.4 Å². The fourth-order valence-electron chi connectivity index (χ4n) is 2.92. The van der Waals surface area contributed by atoms with Gasteiger partial charge in [-0.2, -0.15) is 5.26 Å². The van der Waals surface area contributed by atoms with Gasteiger partial charge in [0.25, 0.3) is 5.91 Å². The Morgan fingerprint density at radius 3 is 2.71 bits per heavy atom. The summed E-state index contributed by atoms with van der Waals surface area (Å²) in [6.45, 7) is 1.93. The van der Waals surface area contributed by atoms with Gasteiger partial charge < -0.3 is 15.0 Å². The number of hydrogen-bond donors (Lipinski definition) is 1. The Morgan fingerprint density at radius 2 is 2.00 bits per heavy atom. The molecule has 0 saturated carbocycles. The number of hydrogen-bond acceptors (Lipinski definition) is 5. The van der Waals surface area contributed by atoms with Gasteiger partial charge >= 0.3 is 0 Å². The second-order valence-corrected chi connectivity index (χ2v) is 7.31. The zero-order chi connectivity index (χ0) is 19.9. The number of para-hydroxylation sites is 1. The number of thioether (sulfide) groups is 1. The zero-order valence-electron chi connectivity index (χ0n) is 15.6. The topological polar surface area (TPSA) is 82.4 Å². The van der Waals surface area contributed by atoms with Crippen LogP contribution >= 0.6 is 11.8 Å². The molecule has 1 atom stereocenters. The first-order valence-electron chi connectivity index (χ1n) is 9.01. The summed E-state index contributed by atoms with van der Waals surface area (Å²) in [6, 6.07) is 15.8. The van der Waals surface area contributed by atoms with Gasteiger partial charge in [-0.3, -0.25) is 9.59 Å². The van der Waals surface area contributed by atoms with Crippen LogP contribution in [-0.2, 0) is 16.0 Å². The maximum absolute atomic E-state index is 12.6. The smallest absolute Gasteiger partial charge is 0.261 e. The minimum absolute atomic E-state index is 0.0990.